The summed E-state index contributed by atoms with van der Waals surface area (Å²) in [6.45, 7) is 2.19. The van der Waals surface area contributed by atoms with Gasteiger partial charge < -0.3 is 14.5 Å². The van der Waals surface area contributed by atoms with Gasteiger partial charge in [0.15, 0.2) is 5.78 Å². The van der Waals surface area contributed by atoms with Crippen molar-refractivity contribution in [2.45, 2.75) is 6.54 Å². The maximum Gasteiger partial charge on any atom is 0.186 e. The van der Waals surface area contributed by atoms with E-state index in [1.807, 2.05) is 101 Å². The van der Waals surface area contributed by atoms with E-state index in [4.69, 9.17) is 4.74 Å². The molecule has 0 saturated heterocycles. The lowest BCUT2D eigenvalue weighted by Gasteiger charge is -2.13. The minimum atomic E-state index is -0.0418. The molecule has 0 atom stereocenters. The molecule has 4 nitrogen and oxygen atoms in total. The molecule has 166 valence electrons. The zero-order chi connectivity index (χ0) is 22.9. The van der Waals surface area contributed by atoms with Crippen LogP contribution in [0.15, 0.2) is 78.9 Å². The second kappa shape index (κ2) is 11.4. The van der Waals surface area contributed by atoms with Crippen molar-refractivity contribution in [2.75, 3.05) is 41.3 Å². The Morgan fingerprint density at radius 2 is 1.56 bits per heavy atom. The highest BCUT2D eigenvalue weighted by atomic mass is 16.5. The molecule has 0 aliphatic heterocycles. The summed E-state index contributed by atoms with van der Waals surface area (Å²) >= 11 is 0. The Kier molecular flexibility index (Phi) is 8.37. The molecule has 32 heavy (non-hydrogen) atoms. The van der Waals surface area contributed by atoms with Crippen LogP contribution in [-0.2, 0) is 6.54 Å². The van der Waals surface area contributed by atoms with E-state index in [9.17, 15) is 4.79 Å². The number of carbonyl (C=O) groups excluding carboxylic acids is 1. The van der Waals surface area contributed by atoms with Crippen LogP contribution in [0.1, 0.15) is 21.5 Å². The predicted octanol–water partition coefficient (Wildman–Crippen LogP) is 5.25. The molecular weight excluding hydrogens is 396 g/mol. The molecule has 0 saturated carbocycles. The fourth-order valence-electron chi connectivity index (χ4n) is 3.41. The number of benzene rings is 3. The molecule has 0 amide bonds. The lowest BCUT2D eigenvalue weighted by molar-refractivity contribution is 0.104. The molecule has 0 aromatic heterocycles. The zero-order valence-electron chi connectivity index (χ0n) is 19.4. The van der Waals surface area contributed by atoms with Gasteiger partial charge in [-0.2, -0.15) is 0 Å². The van der Waals surface area contributed by atoms with Crippen LogP contribution in [0.3, 0.4) is 0 Å². The summed E-state index contributed by atoms with van der Waals surface area (Å²) in [5.41, 5.74) is 4.88. The number of likely N-dealkylation sites (N-methyl/N-ethyl adjacent to an activating group) is 1. The molecule has 0 aliphatic carbocycles. The molecule has 4 heteroatoms. The highest BCUT2D eigenvalue weighted by Crippen LogP contribution is 2.27. The van der Waals surface area contributed by atoms with Gasteiger partial charge in [0.05, 0.1) is 0 Å². The van der Waals surface area contributed by atoms with E-state index in [-0.39, 0.29) is 5.78 Å². The number of hydrogen-bond donors (Lipinski definition) is 0. The third-order valence-corrected chi connectivity index (χ3v) is 5.06. The molecule has 0 radical (unpaired) electrons. The van der Waals surface area contributed by atoms with Crippen LogP contribution in [0.4, 0.5) is 0 Å². The Hall–Kier alpha value is -3.21. The molecule has 0 fully saturated rings. The molecule has 3 aromatic carbocycles. The monoisotopic (exact) mass is 428 g/mol. The molecule has 0 bridgehead atoms. The highest BCUT2D eigenvalue weighted by molar-refractivity contribution is 6.07. The predicted molar refractivity (Wildman–Crippen MR) is 133 cm³/mol. The van der Waals surface area contributed by atoms with Crippen molar-refractivity contribution in [1.82, 2.24) is 9.80 Å². The van der Waals surface area contributed by atoms with Crippen molar-refractivity contribution >= 4 is 11.9 Å². The zero-order valence-corrected chi connectivity index (χ0v) is 19.4. The SMILES string of the molecule is CN(C)CCOc1cc(C(=O)/C=C/c2ccccc2CN(C)C)cc(-c2ccccc2)c1. The van der Waals surface area contributed by atoms with Crippen molar-refractivity contribution in [1.29, 1.82) is 0 Å². The van der Waals surface area contributed by atoms with E-state index in [1.54, 1.807) is 6.08 Å². The molecule has 0 spiro atoms. The third kappa shape index (κ3) is 6.91. The van der Waals surface area contributed by atoms with Gasteiger partial charge in [-0.25, -0.2) is 0 Å². The van der Waals surface area contributed by atoms with Crippen molar-refractivity contribution in [3.8, 4) is 16.9 Å². The summed E-state index contributed by atoms with van der Waals surface area (Å²) in [6, 6.07) is 24.0. The minimum absolute atomic E-state index is 0.0418. The van der Waals surface area contributed by atoms with Gasteiger partial charge in [0.1, 0.15) is 12.4 Å². The Balaban J connectivity index is 1.88. The van der Waals surface area contributed by atoms with E-state index < -0.39 is 0 Å². The smallest absolute Gasteiger partial charge is 0.186 e. The minimum Gasteiger partial charge on any atom is -0.492 e. The molecule has 0 heterocycles. The first-order valence-corrected chi connectivity index (χ1v) is 10.9. The lowest BCUT2D eigenvalue weighted by Crippen LogP contribution is -2.19. The second-order valence-corrected chi connectivity index (χ2v) is 8.40. The van der Waals surface area contributed by atoms with Gasteiger partial charge in [0, 0.05) is 18.7 Å². The van der Waals surface area contributed by atoms with Gasteiger partial charge in [-0.3, -0.25) is 4.79 Å². The van der Waals surface area contributed by atoms with Crippen molar-refractivity contribution < 1.29 is 9.53 Å². The number of allylic oxidation sites excluding steroid dienone is 1. The topological polar surface area (TPSA) is 32.8 Å². The second-order valence-electron chi connectivity index (χ2n) is 8.40. The summed E-state index contributed by atoms with van der Waals surface area (Å²) in [6.07, 6.45) is 3.56. The first-order chi connectivity index (χ1) is 15.4. The average Bonchev–Trinajstić information content (AvgIpc) is 2.78. The summed E-state index contributed by atoms with van der Waals surface area (Å²) in [5.74, 6) is 0.665. The van der Waals surface area contributed by atoms with Crippen LogP contribution in [0.25, 0.3) is 17.2 Å². The number of ether oxygens (including phenoxy) is 1. The van der Waals surface area contributed by atoms with Crippen LogP contribution in [0.5, 0.6) is 5.75 Å². The maximum atomic E-state index is 13.1. The summed E-state index contributed by atoms with van der Waals surface area (Å²) in [4.78, 5) is 17.3. The van der Waals surface area contributed by atoms with Gasteiger partial charge in [-0.1, -0.05) is 60.7 Å². The van der Waals surface area contributed by atoms with Crippen LogP contribution in [0, 0.1) is 0 Å². The summed E-state index contributed by atoms with van der Waals surface area (Å²) in [7, 11) is 8.10. The van der Waals surface area contributed by atoms with Gasteiger partial charge in [0.25, 0.3) is 0 Å². The number of nitrogens with zero attached hydrogens (tertiary/aromatic N) is 2. The fourth-order valence-corrected chi connectivity index (χ4v) is 3.41. The highest BCUT2D eigenvalue weighted by Gasteiger charge is 2.10. The molecule has 3 aromatic rings. The number of hydrogen-bond acceptors (Lipinski definition) is 4. The molecule has 0 aliphatic rings. The summed E-state index contributed by atoms with van der Waals surface area (Å²) in [5, 5.41) is 0. The lowest BCUT2D eigenvalue weighted by atomic mass is 9.99. The molecule has 0 unspecified atom stereocenters. The molecular formula is C28H32N2O2. The summed E-state index contributed by atoms with van der Waals surface area (Å²) < 4.78 is 5.97. The Bertz CT molecular complexity index is 1060. The first-order valence-electron chi connectivity index (χ1n) is 10.9. The van der Waals surface area contributed by atoms with Gasteiger partial charge in [-0.15, -0.1) is 0 Å². The van der Waals surface area contributed by atoms with Crippen LogP contribution in [0.2, 0.25) is 0 Å². The van der Waals surface area contributed by atoms with Crippen molar-refractivity contribution in [3.05, 3.63) is 95.6 Å². The van der Waals surface area contributed by atoms with Crippen LogP contribution in [-0.4, -0.2) is 56.9 Å². The van der Waals surface area contributed by atoms with Gasteiger partial charge in [-0.05, 0) is 74.7 Å². The van der Waals surface area contributed by atoms with E-state index in [1.165, 1.54) is 5.56 Å². The standard InChI is InChI=1S/C28H32N2O2/c1-29(2)16-17-32-27-19-25(22-10-6-5-7-11-22)18-26(20-27)28(31)15-14-23-12-8-9-13-24(23)21-30(3)4/h5-15,18-20H,16-17,21H2,1-4H3/b15-14+. The van der Waals surface area contributed by atoms with Gasteiger partial charge >= 0.3 is 0 Å². The van der Waals surface area contributed by atoms with E-state index >= 15 is 0 Å². The quantitative estimate of drug-likeness (QED) is 0.326. The van der Waals surface area contributed by atoms with E-state index in [0.717, 1.165) is 29.8 Å². The first kappa shape index (κ1) is 23.5. The Morgan fingerprint density at radius 1 is 0.844 bits per heavy atom. The van der Waals surface area contributed by atoms with Gasteiger partial charge in [0.2, 0.25) is 0 Å². The average molecular weight is 429 g/mol. The maximum absolute atomic E-state index is 13.1. The van der Waals surface area contributed by atoms with Crippen LogP contribution >= 0.6 is 0 Å². The number of carbonyl (C=O) groups is 1. The van der Waals surface area contributed by atoms with Crippen LogP contribution < -0.4 is 4.74 Å². The number of rotatable bonds is 10. The number of ketones is 1. The third-order valence-electron chi connectivity index (χ3n) is 5.06. The largest absolute Gasteiger partial charge is 0.492 e. The molecule has 0 N–H and O–H groups in total. The normalized spacial score (nSPS) is 11.4. The Labute approximate surface area is 191 Å². The Morgan fingerprint density at radius 3 is 2.28 bits per heavy atom. The van der Waals surface area contributed by atoms with E-state index in [0.29, 0.717) is 17.9 Å². The van der Waals surface area contributed by atoms with Crippen molar-refractivity contribution in [3.63, 3.8) is 0 Å². The van der Waals surface area contributed by atoms with Crippen molar-refractivity contribution in [2.24, 2.45) is 0 Å². The fraction of sp³-hybridized carbons (Fsp3) is 0.250. The van der Waals surface area contributed by atoms with E-state index in [2.05, 4.69) is 15.9 Å². The molecule has 3 rings (SSSR count).